The fraction of sp³-hybridized carbons (Fsp3) is 0.211. The molecule has 0 saturated carbocycles. The molecule has 0 saturated heterocycles. The van der Waals surface area contributed by atoms with Crippen LogP contribution >= 0.6 is 11.6 Å². The minimum absolute atomic E-state index is 0.519. The molecule has 0 aliphatic rings. The molecule has 0 N–H and O–H groups in total. The molecule has 0 atom stereocenters. The Morgan fingerprint density at radius 2 is 1.50 bits per heavy atom. The quantitative estimate of drug-likeness (QED) is 0.324. The van der Waals surface area contributed by atoms with Crippen molar-refractivity contribution in [2.45, 2.75) is 0 Å². The Morgan fingerprint density at radius 1 is 0.885 bits per heavy atom. The van der Waals surface area contributed by atoms with E-state index in [4.69, 9.17) is 30.5 Å². The van der Waals surface area contributed by atoms with Crippen molar-refractivity contribution in [3.8, 4) is 23.0 Å². The molecule has 0 aromatic heterocycles. The summed E-state index contributed by atoms with van der Waals surface area (Å²) in [6.07, 6.45) is 1.46. The molecule has 0 spiro atoms. The van der Waals surface area contributed by atoms with Gasteiger partial charge in [0.2, 0.25) is 0 Å². The van der Waals surface area contributed by atoms with Crippen LogP contribution in [-0.4, -0.2) is 54.6 Å². The molecule has 0 radical (unpaired) electrons. The summed E-state index contributed by atoms with van der Waals surface area (Å²) in [5.41, 5.74) is 0.862. The number of hydrogen-bond acceptors (Lipinski definition) is 5. The Hall–Kier alpha value is -1.87. The number of rotatable bonds is 8. The number of carbonyl (C=O) groups is 1. The molecule has 5 nitrogen and oxygen atoms in total. The number of ether oxygens (including phenoxy) is 4. The Balaban J connectivity index is 2.45. The van der Waals surface area contributed by atoms with Crippen LogP contribution in [0.3, 0.4) is 0 Å². The topological polar surface area (TPSA) is 54.0 Å². The zero-order chi connectivity index (χ0) is 19.1. The van der Waals surface area contributed by atoms with E-state index in [0.717, 1.165) is 12.8 Å². The number of benzene rings is 2. The van der Waals surface area contributed by atoms with Crippen molar-refractivity contribution < 1.29 is 23.7 Å². The minimum atomic E-state index is -0.947. The molecule has 7 heteroatoms. The van der Waals surface area contributed by atoms with E-state index in [1.807, 2.05) is 30.3 Å². The Morgan fingerprint density at radius 3 is 2.00 bits per heavy atom. The van der Waals surface area contributed by atoms with E-state index in [9.17, 15) is 4.79 Å². The van der Waals surface area contributed by atoms with Gasteiger partial charge in [0.05, 0.1) is 0 Å². The molecule has 0 amide bonds. The van der Waals surface area contributed by atoms with Crippen molar-refractivity contribution in [1.29, 1.82) is 0 Å². The van der Waals surface area contributed by atoms with Crippen molar-refractivity contribution in [3.63, 3.8) is 0 Å². The molecule has 0 bridgehead atoms. The molecule has 0 fully saturated rings. The number of methoxy groups -OCH3 is 4. The first kappa shape index (κ1) is 20.4. The van der Waals surface area contributed by atoms with Crippen LogP contribution in [0.5, 0.6) is 23.0 Å². The normalized spacial score (nSPS) is 11.0. The summed E-state index contributed by atoms with van der Waals surface area (Å²) in [4.78, 5) is 11.5. The van der Waals surface area contributed by atoms with Gasteiger partial charge in [-0.15, -0.1) is 0 Å². The summed E-state index contributed by atoms with van der Waals surface area (Å²) >= 11 is 4.69. The summed E-state index contributed by atoms with van der Waals surface area (Å²) in [6, 6.07) is 11.2. The molecule has 2 aromatic carbocycles. The Labute approximate surface area is 167 Å². The summed E-state index contributed by atoms with van der Waals surface area (Å²) in [5.74, 6) is 2.62. The third-order valence-corrected chi connectivity index (χ3v) is 6.56. The first-order valence-corrected chi connectivity index (χ1v) is 10.3. The van der Waals surface area contributed by atoms with Gasteiger partial charge in [0, 0.05) is 0 Å². The monoisotopic (exact) mass is 492 g/mol. The first-order chi connectivity index (χ1) is 12.5. The molecule has 138 valence electrons. The SMILES string of the molecule is COc1cc(OC)cc([Te]/C(=C\C(=O)Cl)c2ccc(OC)c(OC)c2)c1. The van der Waals surface area contributed by atoms with Crippen molar-refractivity contribution in [2.24, 2.45) is 0 Å². The fourth-order valence-corrected chi connectivity index (χ4v) is 5.44. The third kappa shape index (κ3) is 5.31. The predicted molar refractivity (Wildman–Crippen MR) is 103 cm³/mol. The second kappa shape index (κ2) is 9.72. The molecule has 0 aliphatic heterocycles. The number of carbonyl (C=O) groups excluding carboxylic acids is 1. The standard InChI is InChI=1S/C19H19ClO5Te/c1-22-13-8-14(23-2)10-15(9-13)26-18(11-19(20)21)12-5-6-16(24-3)17(7-12)25-4/h5-11H,1-4H3/b18-11-. The van der Waals surface area contributed by atoms with Gasteiger partial charge in [-0.1, -0.05) is 0 Å². The van der Waals surface area contributed by atoms with Crippen LogP contribution in [0.25, 0.3) is 3.62 Å². The predicted octanol–water partition coefficient (Wildman–Crippen LogP) is 2.86. The Bertz CT molecular complexity index is 797. The van der Waals surface area contributed by atoms with Gasteiger partial charge in [0.25, 0.3) is 0 Å². The van der Waals surface area contributed by atoms with E-state index >= 15 is 0 Å². The summed E-state index contributed by atoms with van der Waals surface area (Å²) in [6.45, 7) is 0. The van der Waals surface area contributed by atoms with Crippen LogP contribution in [0.1, 0.15) is 5.56 Å². The van der Waals surface area contributed by atoms with E-state index in [1.54, 1.807) is 34.5 Å². The molecule has 26 heavy (non-hydrogen) atoms. The number of halogens is 1. The average molecular weight is 490 g/mol. The number of allylic oxidation sites excluding steroid dienone is 1. The van der Waals surface area contributed by atoms with Crippen LogP contribution < -0.4 is 22.6 Å². The van der Waals surface area contributed by atoms with Crippen LogP contribution in [-0.2, 0) is 4.79 Å². The van der Waals surface area contributed by atoms with Crippen molar-refractivity contribution in [3.05, 3.63) is 48.0 Å². The molecule has 0 unspecified atom stereocenters. The van der Waals surface area contributed by atoms with E-state index < -0.39 is 26.2 Å². The van der Waals surface area contributed by atoms with Crippen LogP contribution in [0, 0.1) is 0 Å². The van der Waals surface area contributed by atoms with Crippen LogP contribution in [0.15, 0.2) is 42.5 Å². The second-order valence-electron chi connectivity index (χ2n) is 5.03. The maximum absolute atomic E-state index is 11.5. The van der Waals surface area contributed by atoms with E-state index in [2.05, 4.69) is 0 Å². The zero-order valence-electron chi connectivity index (χ0n) is 14.9. The van der Waals surface area contributed by atoms with Crippen molar-refractivity contribution >= 4 is 45.0 Å². The number of hydrogen-bond donors (Lipinski definition) is 0. The van der Waals surface area contributed by atoms with Gasteiger partial charge in [-0.2, -0.15) is 0 Å². The van der Waals surface area contributed by atoms with Crippen LogP contribution in [0.4, 0.5) is 0 Å². The van der Waals surface area contributed by atoms with E-state index in [0.29, 0.717) is 23.0 Å². The molecule has 0 heterocycles. The summed E-state index contributed by atoms with van der Waals surface area (Å²) in [7, 11) is 6.35. The molecule has 0 aliphatic carbocycles. The fourth-order valence-electron chi connectivity index (χ4n) is 2.23. The zero-order valence-corrected chi connectivity index (χ0v) is 18.0. The third-order valence-electron chi connectivity index (χ3n) is 3.47. The van der Waals surface area contributed by atoms with Gasteiger partial charge < -0.3 is 0 Å². The summed E-state index contributed by atoms with van der Waals surface area (Å²) in [5, 5.41) is -0.519. The summed E-state index contributed by atoms with van der Waals surface area (Å²) < 4.78 is 23.2. The van der Waals surface area contributed by atoms with Gasteiger partial charge >= 0.3 is 168 Å². The van der Waals surface area contributed by atoms with Gasteiger partial charge in [-0.25, -0.2) is 0 Å². The van der Waals surface area contributed by atoms with Gasteiger partial charge in [0.15, 0.2) is 0 Å². The van der Waals surface area contributed by atoms with E-state index in [-0.39, 0.29) is 0 Å². The van der Waals surface area contributed by atoms with E-state index in [1.165, 1.54) is 6.08 Å². The van der Waals surface area contributed by atoms with Crippen molar-refractivity contribution in [2.75, 3.05) is 28.4 Å². The van der Waals surface area contributed by atoms with Crippen LogP contribution in [0.2, 0.25) is 0 Å². The molecule has 2 aromatic rings. The molecular weight excluding hydrogens is 471 g/mol. The maximum atomic E-state index is 11.5. The van der Waals surface area contributed by atoms with Gasteiger partial charge in [0.1, 0.15) is 0 Å². The van der Waals surface area contributed by atoms with Gasteiger partial charge in [-0.05, 0) is 0 Å². The molecule has 2 rings (SSSR count). The first-order valence-electron chi connectivity index (χ1n) is 7.55. The molecular formula is C19H19ClO5Te. The Kier molecular flexibility index (Phi) is 7.65. The van der Waals surface area contributed by atoms with Gasteiger partial charge in [-0.3, -0.25) is 0 Å². The van der Waals surface area contributed by atoms with Crippen molar-refractivity contribution in [1.82, 2.24) is 0 Å². The average Bonchev–Trinajstić information content (AvgIpc) is 2.66. The second-order valence-corrected chi connectivity index (χ2v) is 8.59.